The van der Waals surface area contributed by atoms with Crippen molar-refractivity contribution < 1.29 is 9.90 Å². The average molecular weight is 210 g/mol. The number of hydrogen-bond acceptors (Lipinski definition) is 3. The number of ketones is 1. The van der Waals surface area contributed by atoms with Crippen LogP contribution in [0.15, 0.2) is 12.1 Å². The van der Waals surface area contributed by atoms with Crippen LogP contribution in [0.3, 0.4) is 0 Å². The molecule has 0 aliphatic rings. The molecule has 0 amide bonds. The van der Waals surface area contributed by atoms with Crippen molar-refractivity contribution in [2.24, 2.45) is 0 Å². The van der Waals surface area contributed by atoms with Gasteiger partial charge in [0, 0.05) is 11.1 Å². The second-order valence-corrected chi connectivity index (χ2v) is 3.10. The monoisotopic (exact) mass is 209 g/mol. The summed E-state index contributed by atoms with van der Waals surface area (Å²) in [7, 11) is 0. The maximum atomic E-state index is 11.2. The molecule has 1 rings (SSSR count). The van der Waals surface area contributed by atoms with Gasteiger partial charge in [0.15, 0.2) is 5.78 Å². The van der Waals surface area contributed by atoms with Gasteiger partial charge in [-0.15, -0.1) is 11.6 Å². The Bertz CT molecular complexity index is 421. The number of halogens is 1. The Morgan fingerprint density at radius 2 is 2.29 bits per heavy atom. The third-order valence-electron chi connectivity index (χ3n) is 1.94. The van der Waals surface area contributed by atoms with Gasteiger partial charge in [-0.05, 0) is 19.1 Å². The van der Waals surface area contributed by atoms with E-state index in [4.69, 9.17) is 16.9 Å². The van der Waals surface area contributed by atoms with Crippen LogP contribution in [0.2, 0.25) is 0 Å². The topological polar surface area (TPSA) is 61.1 Å². The fourth-order valence-corrected chi connectivity index (χ4v) is 1.21. The predicted octanol–water partition coefficient (Wildman–Crippen LogP) is 1.99. The highest BCUT2D eigenvalue weighted by Gasteiger charge is 2.10. The van der Waals surface area contributed by atoms with E-state index in [1.54, 1.807) is 6.92 Å². The highest BCUT2D eigenvalue weighted by Crippen LogP contribution is 2.22. The van der Waals surface area contributed by atoms with Gasteiger partial charge >= 0.3 is 0 Å². The zero-order chi connectivity index (χ0) is 10.7. The lowest BCUT2D eigenvalue weighted by molar-refractivity contribution is 0.102. The van der Waals surface area contributed by atoms with Crippen molar-refractivity contribution in [3.63, 3.8) is 0 Å². The summed E-state index contributed by atoms with van der Waals surface area (Å²) in [6.45, 7) is 1.61. The van der Waals surface area contributed by atoms with Crippen LogP contribution in [0.4, 0.5) is 0 Å². The van der Waals surface area contributed by atoms with Gasteiger partial charge < -0.3 is 5.11 Å². The lowest BCUT2D eigenvalue weighted by Crippen LogP contribution is -2.01. The summed E-state index contributed by atoms with van der Waals surface area (Å²) in [5.74, 6) is -0.524. The zero-order valence-corrected chi connectivity index (χ0v) is 8.30. The van der Waals surface area contributed by atoms with Gasteiger partial charge in [-0.2, -0.15) is 5.26 Å². The molecule has 0 fully saturated rings. The smallest absolute Gasteiger partial charge is 0.177 e. The van der Waals surface area contributed by atoms with Gasteiger partial charge in [0.25, 0.3) is 0 Å². The highest BCUT2D eigenvalue weighted by atomic mass is 35.5. The predicted molar refractivity (Wildman–Crippen MR) is 52.6 cm³/mol. The van der Waals surface area contributed by atoms with Crippen LogP contribution in [0.5, 0.6) is 5.75 Å². The van der Waals surface area contributed by atoms with E-state index in [0.29, 0.717) is 11.1 Å². The Hall–Kier alpha value is -1.53. The summed E-state index contributed by atoms with van der Waals surface area (Å²) >= 11 is 5.36. The number of phenolic OH excluding ortho intramolecular Hbond substituents is 1. The molecule has 1 N–H and O–H groups in total. The molecule has 0 spiro atoms. The first-order chi connectivity index (χ1) is 6.60. The molecule has 14 heavy (non-hydrogen) atoms. The number of carbonyl (C=O) groups is 1. The van der Waals surface area contributed by atoms with E-state index >= 15 is 0 Å². The molecule has 3 nitrogen and oxygen atoms in total. The number of benzene rings is 1. The van der Waals surface area contributed by atoms with Crippen molar-refractivity contribution in [2.75, 3.05) is 5.88 Å². The minimum Gasteiger partial charge on any atom is -0.508 e. The van der Waals surface area contributed by atoms with Crippen molar-refractivity contribution in [3.8, 4) is 11.8 Å². The van der Waals surface area contributed by atoms with E-state index in [2.05, 4.69) is 0 Å². The molecule has 0 atom stereocenters. The van der Waals surface area contributed by atoms with E-state index in [1.165, 1.54) is 12.1 Å². The number of aromatic hydroxyl groups is 1. The average Bonchev–Trinajstić information content (AvgIpc) is 2.20. The highest BCUT2D eigenvalue weighted by molar-refractivity contribution is 6.30. The van der Waals surface area contributed by atoms with Gasteiger partial charge in [0.2, 0.25) is 0 Å². The molecule has 4 heteroatoms. The number of carbonyl (C=O) groups excluding carboxylic acids is 1. The molecular weight excluding hydrogens is 202 g/mol. The van der Waals surface area contributed by atoms with E-state index in [9.17, 15) is 9.90 Å². The summed E-state index contributed by atoms with van der Waals surface area (Å²) in [6, 6.07) is 4.65. The number of alkyl halides is 1. The number of nitrogens with zero attached hydrogens (tertiary/aromatic N) is 1. The summed E-state index contributed by atoms with van der Waals surface area (Å²) in [4.78, 5) is 11.2. The first kappa shape index (κ1) is 10.6. The Kier molecular flexibility index (Phi) is 3.10. The molecule has 72 valence electrons. The van der Waals surface area contributed by atoms with Gasteiger partial charge in [-0.25, -0.2) is 0 Å². The van der Waals surface area contributed by atoms with E-state index in [-0.39, 0.29) is 23.0 Å². The normalized spacial score (nSPS) is 9.50. The number of nitriles is 1. The number of hydrogen-bond donors (Lipinski definition) is 1. The number of rotatable bonds is 2. The minimum absolute atomic E-state index is 0.0579. The fourth-order valence-electron chi connectivity index (χ4n) is 1.05. The molecule has 0 heterocycles. The third kappa shape index (κ3) is 1.86. The molecule has 0 saturated carbocycles. The van der Waals surface area contributed by atoms with Crippen molar-refractivity contribution >= 4 is 17.4 Å². The molecule has 0 aliphatic carbocycles. The molecular formula is C10H8ClNO2. The summed E-state index contributed by atoms with van der Waals surface area (Å²) in [5.41, 5.74) is 1.02. The van der Waals surface area contributed by atoms with Crippen molar-refractivity contribution in [1.82, 2.24) is 0 Å². The Balaban J connectivity index is 3.32. The molecule has 0 unspecified atom stereocenters. The first-order valence-electron chi connectivity index (χ1n) is 3.93. The van der Waals surface area contributed by atoms with Crippen LogP contribution in [-0.4, -0.2) is 16.8 Å². The number of phenols is 1. The van der Waals surface area contributed by atoms with E-state index in [1.807, 2.05) is 6.07 Å². The Morgan fingerprint density at radius 3 is 2.79 bits per heavy atom. The van der Waals surface area contributed by atoms with Crippen molar-refractivity contribution in [2.45, 2.75) is 6.92 Å². The largest absolute Gasteiger partial charge is 0.508 e. The van der Waals surface area contributed by atoms with Gasteiger partial charge in [0.1, 0.15) is 5.75 Å². The SMILES string of the molecule is Cc1c(O)cc(C(=O)CCl)cc1C#N. The fraction of sp³-hybridized carbons (Fsp3) is 0.200. The van der Waals surface area contributed by atoms with Crippen LogP contribution < -0.4 is 0 Å². The maximum absolute atomic E-state index is 11.2. The lowest BCUT2D eigenvalue weighted by Gasteiger charge is -2.03. The van der Waals surface area contributed by atoms with Crippen LogP contribution >= 0.6 is 11.6 Å². The van der Waals surface area contributed by atoms with E-state index in [0.717, 1.165) is 0 Å². The zero-order valence-electron chi connectivity index (χ0n) is 7.54. The van der Waals surface area contributed by atoms with E-state index < -0.39 is 0 Å². The second kappa shape index (κ2) is 4.12. The van der Waals surface area contributed by atoms with Crippen LogP contribution in [0.1, 0.15) is 21.5 Å². The lowest BCUT2D eigenvalue weighted by atomic mass is 10.0. The summed E-state index contributed by atoms with van der Waals surface area (Å²) in [6.07, 6.45) is 0. The first-order valence-corrected chi connectivity index (χ1v) is 4.46. The quantitative estimate of drug-likeness (QED) is 0.599. The molecule has 1 aromatic rings. The molecule has 0 radical (unpaired) electrons. The number of Topliss-reactive ketones (excluding diaryl/α,β-unsaturated/α-hetero) is 1. The second-order valence-electron chi connectivity index (χ2n) is 2.84. The van der Waals surface area contributed by atoms with Crippen molar-refractivity contribution in [3.05, 3.63) is 28.8 Å². The van der Waals surface area contributed by atoms with Crippen LogP contribution in [0.25, 0.3) is 0 Å². The Morgan fingerprint density at radius 1 is 1.64 bits per heavy atom. The standard InChI is InChI=1S/C10H8ClNO2/c1-6-8(5-12)2-7(3-9(6)13)10(14)4-11/h2-3,13H,4H2,1H3. The van der Waals surface area contributed by atoms with Gasteiger partial charge in [-0.3, -0.25) is 4.79 Å². The Labute approximate surface area is 86.5 Å². The van der Waals surface area contributed by atoms with Crippen molar-refractivity contribution in [1.29, 1.82) is 5.26 Å². The molecule has 0 aromatic heterocycles. The third-order valence-corrected chi connectivity index (χ3v) is 2.19. The molecule has 0 saturated heterocycles. The van der Waals surface area contributed by atoms with Gasteiger partial charge in [-0.1, -0.05) is 0 Å². The molecule has 0 aliphatic heterocycles. The van der Waals surface area contributed by atoms with Gasteiger partial charge in [0.05, 0.1) is 17.5 Å². The maximum Gasteiger partial charge on any atom is 0.177 e. The summed E-state index contributed by atoms with van der Waals surface area (Å²) < 4.78 is 0. The minimum atomic E-state index is -0.307. The van der Waals surface area contributed by atoms with Crippen LogP contribution in [0, 0.1) is 18.3 Å². The summed E-state index contributed by atoms with van der Waals surface area (Å²) in [5, 5.41) is 18.1. The van der Waals surface area contributed by atoms with Crippen LogP contribution in [-0.2, 0) is 0 Å². The molecule has 1 aromatic carbocycles. The molecule has 0 bridgehead atoms.